The Labute approximate surface area is 192 Å². The highest BCUT2D eigenvalue weighted by atomic mass is 19.1. The molecule has 2 aliphatic rings. The Balaban J connectivity index is 1.39. The molecule has 1 aromatic carbocycles. The van der Waals surface area contributed by atoms with Crippen LogP contribution in [0.2, 0.25) is 0 Å². The fourth-order valence-corrected chi connectivity index (χ4v) is 4.89. The molecule has 2 aliphatic heterocycles. The number of benzene rings is 1. The number of hydrogen-bond acceptors (Lipinski definition) is 5. The molecule has 7 nitrogen and oxygen atoms in total. The van der Waals surface area contributed by atoms with Gasteiger partial charge in [0.25, 0.3) is 0 Å². The highest BCUT2D eigenvalue weighted by Crippen LogP contribution is 2.35. The molecule has 0 bridgehead atoms. The minimum atomic E-state index is -0.350. The smallest absolute Gasteiger partial charge is 0.227 e. The highest BCUT2D eigenvalue weighted by molar-refractivity contribution is 5.94. The topological polar surface area (TPSA) is 74.3 Å². The van der Waals surface area contributed by atoms with Crippen LogP contribution >= 0.6 is 0 Å². The van der Waals surface area contributed by atoms with Crippen molar-refractivity contribution >= 4 is 22.5 Å². The number of rotatable bonds is 5. The van der Waals surface area contributed by atoms with Crippen molar-refractivity contribution in [3.8, 4) is 17.0 Å². The molecule has 5 rings (SSSR count). The summed E-state index contributed by atoms with van der Waals surface area (Å²) in [5.41, 5.74) is 3.99. The molecular formula is C25H28FN5O2. The van der Waals surface area contributed by atoms with Crippen LogP contribution in [0.1, 0.15) is 25.5 Å². The van der Waals surface area contributed by atoms with E-state index >= 15 is 0 Å². The number of fused-ring (bicyclic) bond motifs is 1. The number of carbonyl (C=O) groups is 1. The Morgan fingerprint density at radius 1 is 1.27 bits per heavy atom. The molecule has 2 aromatic heterocycles. The van der Waals surface area contributed by atoms with Crippen molar-refractivity contribution in [1.29, 1.82) is 0 Å². The van der Waals surface area contributed by atoms with E-state index in [0.29, 0.717) is 35.7 Å². The highest BCUT2D eigenvalue weighted by Gasteiger charge is 2.31. The lowest BCUT2D eigenvalue weighted by Crippen LogP contribution is -2.39. The van der Waals surface area contributed by atoms with Gasteiger partial charge in [0.05, 0.1) is 18.7 Å². The number of amides is 1. The molecule has 0 radical (unpaired) electrons. The number of methoxy groups -OCH3 is 1. The molecule has 8 heteroatoms. The van der Waals surface area contributed by atoms with Gasteiger partial charge in [-0.2, -0.15) is 0 Å². The average molecular weight is 450 g/mol. The molecule has 1 unspecified atom stereocenters. The van der Waals surface area contributed by atoms with Gasteiger partial charge in [0, 0.05) is 36.3 Å². The second kappa shape index (κ2) is 8.94. The Morgan fingerprint density at radius 2 is 2.15 bits per heavy atom. The number of carbonyl (C=O) groups excluding carboxylic acids is 1. The van der Waals surface area contributed by atoms with Crippen LogP contribution in [-0.4, -0.2) is 70.5 Å². The molecule has 0 spiro atoms. The molecule has 3 aromatic rings. The third kappa shape index (κ3) is 4.11. The molecule has 1 fully saturated rings. The van der Waals surface area contributed by atoms with Crippen molar-refractivity contribution in [1.82, 2.24) is 24.8 Å². The van der Waals surface area contributed by atoms with Crippen molar-refractivity contribution in [3.63, 3.8) is 0 Å². The molecule has 4 heterocycles. The first kappa shape index (κ1) is 21.6. The maximum absolute atomic E-state index is 14.0. The Morgan fingerprint density at radius 3 is 2.88 bits per heavy atom. The van der Waals surface area contributed by atoms with E-state index in [0.717, 1.165) is 49.1 Å². The van der Waals surface area contributed by atoms with Crippen molar-refractivity contribution < 1.29 is 13.9 Å². The molecule has 172 valence electrons. The van der Waals surface area contributed by atoms with E-state index in [9.17, 15) is 9.18 Å². The van der Waals surface area contributed by atoms with Gasteiger partial charge >= 0.3 is 0 Å². The number of nitrogens with one attached hydrogen (secondary N) is 1. The minimum Gasteiger partial charge on any atom is -0.496 e. The average Bonchev–Trinajstić information content (AvgIpc) is 3.51. The molecule has 0 aliphatic carbocycles. The van der Waals surface area contributed by atoms with E-state index < -0.39 is 0 Å². The van der Waals surface area contributed by atoms with Crippen molar-refractivity contribution in [2.45, 2.75) is 19.8 Å². The first-order valence-electron chi connectivity index (χ1n) is 11.5. The van der Waals surface area contributed by atoms with Crippen molar-refractivity contribution in [3.05, 3.63) is 48.2 Å². The van der Waals surface area contributed by atoms with Gasteiger partial charge in [-0.1, -0.05) is 13.0 Å². The summed E-state index contributed by atoms with van der Waals surface area (Å²) in [5, 5.41) is 0.807. The Kier molecular flexibility index (Phi) is 5.85. The summed E-state index contributed by atoms with van der Waals surface area (Å²) in [7, 11) is 1.56. The predicted octanol–water partition coefficient (Wildman–Crippen LogP) is 3.73. The summed E-state index contributed by atoms with van der Waals surface area (Å²) in [6.45, 7) is 6.34. The minimum absolute atomic E-state index is 0.118. The largest absolute Gasteiger partial charge is 0.496 e. The number of H-pyrrole nitrogens is 1. The SMILES string of the molecule is CCN1CCC(C(=O)N2CC=C(c3cc4c(-c5cc(F)ccc5OC)ncnc4[nH]3)CC2)C1. The summed E-state index contributed by atoms with van der Waals surface area (Å²) < 4.78 is 19.4. The second-order valence-electron chi connectivity index (χ2n) is 8.65. The monoisotopic (exact) mass is 449 g/mol. The number of aromatic amines is 1. The van der Waals surface area contributed by atoms with Crippen molar-refractivity contribution in [2.75, 3.05) is 39.8 Å². The Hall–Kier alpha value is -3.26. The van der Waals surface area contributed by atoms with Crippen LogP contribution in [-0.2, 0) is 4.79 Å². The van der Waals surface area contributed by atoms with Crippen LogP contribution in [0.15, 0.2) is 36.7 Å². The van der Waals surface area contributed by atoms with Gasteiger partial charge in [-0.05, 0) is 55.8 Å². The van der Waals surface area contributed by atoms with E-state index in [-0.39, 0.29) is 17.6 Å². The number of aromatic nitrogens is 3. The molecule has 1 N–H and O–H groups in total. The van der Waals surface area contributed by atoms with Gasteiger partial charge in [0.1, 0.15) is 23.5 Å². The lowest BCUT2D eigenvalue weighted by atomic mass is 10.0. The molecule has 0 saturated carbocycles. The lowest BCUT2D eigenvalue weighted by molar-refractivity contribution is -0.134. The van der Waals surface area contributed by atoms with Crippen LogP contribution in [0.4, 0.5) is 4.39 Å². The summed E-state index contributed by atoms with van der Waals surface area (Å²) in [6, 6.07) is 6.41. The van der Waals surface area contributed by atoms with Crippen LogP contribution in [0.3, 0.4) is 0 Å². The molecule has 1 amide bonds. The molecule has 1 atom stereocenters. The van der Waals surface area contributed by atoms with Crippen LogP contribution in [0.25, 0.3) is 27.9 Å². The standard InChI is InChI=1S/C25H28FN5O2/c1-3-30-9-6-17(14-30)25(32)31-10-7-16(8-11-31)21-13-20-23(27-15-28-24(20)29-21)19-12-18(26)4-5-22(19)33-2/h4-5,7,12-13,15,17H,3,6,8-11,14H2,1-2H3,(H,27,28,29). The normalized spacial score (nSPS) is 19.2. The van der Waals surface area contributed by atoms with Gasteiger partial charge in [-0.15, -0.1) is 0 Å². The maximum atomic E-state index is 14.0. The van der Waals surface area contributed by atoms with Crippen LogP contribution in [0.5, 0.6) is 5.75 Å². The number of ether oxygens (including phenoxy) is 1. The lowest BCUT2D eigenvalue weighted by Gasteiger charge is -2.28. The number of halogens is 1. The third-order valence-electron chi connectivity index (χ3n) is 6.78. The van der Waals surface area contributed by atoms with Gasteiger partial charge in [0.15, 0.2) is 0 Å². The van der Waals surface area contributed by atoms with Gasteiger partial charge in [-0.3, -0.25) is 4.79 Å². The van der Waals surface area contributed by atoms with Gasteiger partial charge < -0.3 is 19.5 Å². The van der Waals surface area contributed by atoms with Gasteiger partial charge in [0.2, 0.25) is 5.91 Å². The summed E-state index contributed by atoms with van der Waals surface area (Å²) in [4.78, 5) is 29.4. The zero-order valence-corrected chi connectivity index (χ0v) is 19.0. The fraction of sp³-hybridized carbons (Fsp3) is 0.400. The zero-order chi connectivity index (χ0) is 22.9. The van der Waals surface area contributed by atoms with E-state index in [1.807, 2.05) is 11.0 Å². The maximum Gasteiger partial charge on any atom is 0.227 e. The van der Waals surface area contributed by atoms with Crippen molar-refractivity contribution in [2.24, 2.45) is 5.92 Å². The van der Waals surface area contributed by atoms with Crippen LogP contribution < -0.4 is 4.74 Å². The van der Waals surface area contributed by atoms with Crippen LogP contribution in [0, 0.1) is 11.7 Å². The van der Waals surface area contributed by atoms with E-state index in [1.165, 1.54) is 18.5 Å². The van der Waals surface area contributed by atoms with E-state index in [2.05, 4.69) is 32.9 Å². The number of nitrogens with zero attached hydrogens (tertiary/aromatic N) is 4. The Bertz CT molecular complexity index is 1220. The zero-order valence-electron chi connectivity index (χ0n) is 19.0. The van der Waals surface area contributed by atoms with E-state index in [4.69, 9.17) is 4.74 Å². The summed E-state index contributed by atoms with van der Waals surface area (Å²) in [6.07, 6.45) is 5.31. The number of likely N-dealkylation sites (tertiary alicyclic amines) is 1. The fourth-order valence-electron chi connectivity index (χ4n) is 4.89. The molecular weight excluding hydrogens is 421 g/mol. The molecule has 1 saturated heterocycles. The van der Waals surface area contributed by atoms with E-state index in [1.54, 1.807) is 13.2 Å². The first-order valence-corrected chi connectivity index (χ1v) is 11.5. The summed E-state index contributed by atoms with van der Waals surface area (Å²) >= 11 is 0. The third-order valence-corrected chi connectivity index (χ3v) is 6.78. The molecule has 33 heavy (non-hydrogen) atoms. The predicted molar refractivity (Wildman–Crippen MR) is 125 cm³/mol. The first-order chi connectivity index (χ1) is 16.1. The quantitative estimate of drug-likeness (QED) is 0.643. The summed E-state index contributed by atoms with van der Waals surface area (Å²) in [5.74, 6) is 0.590. The second-order valence-corrected chi connectivity index (χ2v) is 8.65. The van der Waals surface area contributed by atoms with Gasteiger partial charge in [-0.25, -0.2) is 14.4 Å². The number of hydrogen-bond donors (Lipinski definition) is 1.